The Bertz CT molecular complexity index is 604. The highest BCUT2D eigenvalue weighted by atomic mass is 32.2. The summed E-state index contributed by atoms with van der Waals surface area (Å²) in [5, 5.41) is 17.5. The molecule has 0 aliphatic rings. The number of carboxylic acids is 1. The van der Waals surface area contributed by atoms with Crippen molar-refractivity contribution in [3.8, 4) is 6.07 Å². The van der Waals surface area contributed by atoms with Gasteiger partial charge in [-0.1, -0.05) is 6.07 Å². The van der Waals surface area contributed by atoms with Gasteiger partial charge >= 0.3 is 5.97 Å². The van der Waals surface area contributed by atoms with Gasteiger partial charge in [0, 0.05) is 7.05 Å². The van der Waals surface area contributed by atoms with E-state index in [1.54, 1.807) is 0 Å². The van der Waals surface area contributed by atoms with E-state index in [1.165, 1.54) is 38.2 Å². The summed E-state index contributed by atoms with van der Waals surface area (Å²) in [6.07, 6.45) is 0. The number of carboxylic acid groups (broad SMARTS) is 1. The lowest BCUT2D eigenvalue weighted by Gasteiger charge is -2.20. The van der Waals surface area contributed by atoms with Gasteiger partial charge in [-0.05, 0) is 25.1 Å². The van der Waals surface area contributed by atoms with E-state index in [-0.39, 0.29) is 10.5 Å². The molecule has 0 bridgehead atoms. The third kappa shape index (κ3) is 2.67. The third-order valence-corrected chi connectivity index (χ3v) is 4.47. The highest BCUT2D eigenvalue weighted by Crippen LogP contribution is 2.17. The van der Waals surface area contributed by atoms with Gasteiger partial charge in [0.05, 0.1) is 16.5 Å². The fourth-order valence-electron chi connectivity index (χ4n) is 1.26. The number of nitriles is 1. The second-order valence-electron chi connectivity index (χ2n) is 3.68. The summed E-state index contributed by atoms with van der Waals surface area (Å²) in [5.41, 5.74) is 0.201. The Hall–Kier alpha value is -1.91. The van der Waals surface area contributed by atoms with Crippen LogP contribution in [-0.4, -0.2) is 36.9 Å². The molecule has 0 radical (unpaired) electrons. The van der Waals surface area contributed by atoms with Crippen molar-refractivity contribution in [1.82, 2.24) is 4.31 Å². The molecule has 1 rings (SSSR count). The maximum atomic E-state index is 12.1. The predicted molar refractivity (Wildman–Crippen MR) is 63.2 cm³/mol. The average Bonchev–Trinajstić information content (AvgIpc) is 2.36. The van der Waals surface area contributed by atoms with Gasteiger partial charge in [-0.25, -0.2) is 8.42 Å². The first-order chi connectivity index (χ1) is 8.30. The van der Waals surface area contributed by atoms with Gasteiger partial charge in [0.1, 0.15) is 6.04 Å². The molecule has 18 heavy (non-hydrogen) atoms. The van der Waals surface area contributed by atoms with Gasteiger partial charge in [-0.2, -0.15) is 9.57 Å². The van der Waals surface area contributed by atoms with Crippen LogP contribution in [0.1, 0.15) is 12.5 Å². The summed E-state index contributed by atoms with van der Waals surface area (Å²) in [4.78, 5) is 10.7. The van der Waals surface area contributed by atoms with E-state index in [0.717, 1.165) is 4.31 Å². The lowest BCUT2D eigenvalue weighted by Crippen LogP contribution is -2.40. The lowest BCUT2D eigenvalue weighted by atomic mass is 10.2. The SMILES string of the molecule is CC(C(=O)O)N(C)S(=O)(=O)c1cccc(C#N)c1. The van der Waals surface area contributed by atoms with Crippen LogP contribution >= 0.6 is 0 Å². The Morgan fingerprint density at radius 1 is 1.50 bits per heavy atom. The van der Waals surface area contributed by atoms with Crippen LogP contribution in [0.15, 0.2) is 29.2 Å². The number of aliphatic carboxylic acids is 1. The molecular weight excluding hydrogens is 256 g/mol. The minimum atomic E-state index is -3.91. The normalized spacial score (nSPS) is 13.0. The van der Waals surface area contributed by atoms with E-state index in [1.807, 2.05) is 6.07 Å². The molecule has 1 unspecified atom stereocenters. The largest absolute Gasteiger partial charge is 0.480 e. The second-order valence-corrected chi connectivity index (χ2v) is 5.67. The van der Waals surface area contributed by atoms with E-state index in [4.69, 9.17) is 10.4 Å². The molecule has 1 atom stereocenters. The molecule has 0 saturated carbocycles. The molecule has 0 fully saturated rings. The summed E-state index contributed by atoms with van der Waals surface area (Å²) in [6, 6.07) is 6.09. The molecule has 7 heteroatoms. The second kappa shape index (κ2) is 5.16. The van der Waals surface area contributed by atoms with Crippen LogP contribution in [0.3, 0.4) is 0 Å². The molecule has 6 nitrogen and oxygen atoms in total. The molecule has 0 aromatic heterocycles. The molecule has 1 aromatic rings. The maximum Gasteiger partial charge on any atom is 0.321 e. The molecular formula is C11H12N2O4S. The van der Waals surface area contributed by atoms with Gasteiger partial charge in [-0.3, -0.25) is 4.79 Å². The van der Waals surface area contributed by atoms with E-state index >= 15 is 0 Å². The number of likely N-dealkylation sites (N-methyl/N-ethyl adjacent to an activating group) is 1. The van der Waals surface area contributed by atoms with Crippen molar-refractivity contribution in [2.75, 3.05) is 7.05 Å². The Morgan fingerprint density at radius 2 is 2.11 bits per heavy atom. The van der Waals surface area contributed by atoms with Crippen LogP contribution in [0.5, 0.6) is 0 Å². The zero-order valence-electron chi connectivity index (χ0n) is 9.86. The maximum absolute atomic E-state index is 12.1. The topological polar surface area (TPSA) is 98.5 Å². The van der Waals surface area contributed by atoms with E-state index in [0.29, 0.717) is 0 Å². The minimum Gasteiger partial charge on any atom is -0.480 e. The Morgan fingerprint density at radius 3 is 2.61 bits per heavy atom. The van der Waals surface area contributed by atoms with Gasteiger partial charge in [0.15, 0.2) is 0 Å². The third-order valence-electron chi connectivity index (χ3n) is 2.54. The highest BCUT2D eigenvalue weighted by molar-refractivity contribution is 7.89. The molecule has 0 aliphatic heterocycles. The van der Waals surface area contributed by atoms with Crippen molar-refractivity contribution in [3.05, 3.63) is 29.8 Å². The first kappa shape index (κ1) is 14.2. The van der Waals surface area contributed by atoms with Crippen LogP contribution in [-0.2, 0) is 14.8 Å². The highest BCUT2D eigenvalue weighted by Gasteiger charge is 2.29. The Balaban J connectivity index is 3.22. The Kier molecular flexibility index (Phi) is 4.06. The van der Waals surface area contributed by atoms with Crippen LogP contribution in [0.2, 0.25) is 0 Å². The van der Waals surface area contributed by atoms with Crippen molar-refractivity contribution in [2.24, 2.45) is 0 Å². The van der Waals surface area contributed by atoms with Gasteiger partial charge in [0.2, 0.25) is 10.0 Å². The first-order valence-electron chi connectivity index (χ1n) is 5.01. The van der Waals surface area contributed by atoms with Crippen LogP contribution in [0.4, 0.5) is 0 Å². The molecule has 1 N–H and O–H groups in total. The zero-order chi connectivity index (χ0) is 13.9. The van der Waals surface area contributed by atoms with E-state index in [9.17, 15) is 13.2 Å². The Labute approximate surface area is 105 Å². The van der Waals surface area contributed by atoms with Gasteiger partial charge in [0.25, 0.3) is 0 Å². The summed E-state index contributed by atoms with van der Waals surface area (Å²) in [6.45, 7) is 1.27. The molecule has 1 aromatic carbocycles. The number of nitrogens with zero attached hydrogens (tertiary/aromatic N) is 2. The molecule has 96 valence electrons. The number of hydrogen-bond donors (Lipinski definition) is 1. The summed E-state index contributed by atoms with van der Waals surface area (Å²) in [7, 11) is -2.73. The van der Waals surface area contributed by atoms with Crippen LogP contribution < -0.4 is 0 Å². The van der Waals surface area contributed by atoms with E-state index in [2.05, 4.69) is 0 Å². The van der Waals surface area contributed by atoms with Crippen molar-refractivity contribution >= 4 is 16.0 Å². The van der Waals surface area contributed by atoms with Crippen LogP contribution in [0.25, 0.3) is 0 Å². The van der Waals surface area contributed by atoms with Crippen LogP contribution in [0, 0.1) is 11.3 Å². The van der Waals surface area contributed by atoms with Gasteiger partial charge in [-0.15, -0.1) is 0 Å². The summed E-state index contributed by atoms with van der Waals surface area (Å²) < 4.78 is 25.0. The number of hydrogen-bond acceptors (Lipinski definition) is 4. The molecule has 0 aliphatic carbocycles. The number of rotatable bonds is 4. The molecule has 0 spiro atoms. The van der Waals surface area contributed by atoms with Crippen molar-refractivity contribution in [2.45, 2.75) is 17.9 Å². The molecule has 0 saturated heterocycles. The molecule has 0 amide bonds. The van der Waals surface area contributed by atoms with Crippen molar-refractivity contribution in [3.63, 3.8) is 0 Å². The quantitative estimate of drug-likeness (QED) is 0.864. The predicted octanol–water partition coefficient (Wildman–Crippen LogP) is 0.652. The van der Waals surface area contributed by atoms with E-state index < -0.39 is 22.0 Å². The standard InChI is InChI=1S/C11H12N2O4S/c1-8(11(14)15)13(2)18(16,17)10-5-3-4-9(6-10)7-12/h3-6,8H,1-2H3,(H,14,15). The lowest BCUT2D eigenvalue weighted by molar-refractivity contribution is -0.140. The minimum absolute atomic E-state index is 0.0999. The fourth-order valence-corrected chi connectivity index (χ4v) is 2.62. The summed E-state index contributed by atoms with van der Waals surface area (Å²) in [5.74, 6) is -1.24. The summed E-state index contributed by atoms with van der Waals surface area (Å²) >= 11 is 0. The average molecular weight is 268 g/mol. The fraction of sp³-hybridized carbons (Fsp3) is 0.273. The first-order valence-corrected chi connectivity index (χ1v) is 6.45. The van der Waals surface area contributed by atoms with Gasteiger partial charge < -0.3 is 5.11 Å². The zero-order valence-corrected chi connectivity index (χ0v) is 10.7. The number of benzene rings is 1. The smallest absolute Gasteiger partial charge is 0.321 e. The number of sulfonamides is 1. The van der Waals surface area contributed by atoms with Crippen molar-refractivity contribution in [1.29, 1.82) is 5.26 Å². The monoisotopic (exact) mass is 268 g/mol. The number of carbonyl (C=O) groups is 1. The molecule has 0 heterocycles. The van der Waals surface area contributed by atoms with Crippen molar-refractivity contribution < 1.29 is 18.3 Å².